The third-order valence-electron chi connectivity index (χ3n) is 5.69. The molecule has 1 unspecified atom stereocenters. The number of benzene rings is 3. The molecule has 186 valence electrons. The Kier molecular flexibility index (Phi) is 8.13. The molecular formula is C26H23BrClN3O4S. The van der Waals surface area contributed by atoms with Crippen LogP contribution in [0.4, 0.5) is 11.4 Å². The van der Waals surface area contributed by atoms with Crippen LogP contribution in [0.3, 0.4) is 0 Å². The van der Waals surface area contributed by atoms with Crippen molar-refractivity contribution in [1.82, 2.24) is 4.90 Å². The Balaban J connectivity index is 1.63. The Labute approximate surface area is 228 Å². The van der Waals surface area contributed by atoms with Crippen molar-refractivity contribution in [2.24, 2.45) is 0 Å². The zero-order valence-corrected chi connectivity index (χ0v) is 22.7. The minimum absolute atomic E-state index is 0.0839. The molecule has 0 spiro atoms. The zero-order valence-electron chi connectivity index (χ0n) is 19.5. The lowest BCUT2D eigenvalue weighted by atomic mass is 10.1. The van der Waals surface area contributed by atoms with Crippen LogP contribution in [-0.4, -0.2) is 42.1 Å². The predicted molar refractivity (Wildman–Crippen MR) is 148 cm³/mol. The van der Waals surface area contributed by atoms with Crippen LogP contribution in [0.1, 0.15) is 12.0 Å². The van der Waals surface area contributed by atoms with E-state index in [-0.39, 0.29) is 24.8 Å². The number of hydrogen-bond acceptors (Lipinski definition) is 5. The highest BCUT2D eigenvalue weighted by atomic mass is 79.9. The molecule has 1 aliphatic heterocycles. The van der Waals surface area contributed by atoms with Crippen molar-refractivity contribution < 1.29 is 19.1 Å². The van der Waals surface area contributed by atoms with E-state index in [1.54, 1.807) is 61.6 Å². The fourth-order valence-corrected chi connectivity index (χ4v) is 4.80. The van der Waals surface area contributed by atoms with Crippen molar-refractivity contribution in [2.45, 2.75) is 19.0 Å². The van der Waals surface area contributed by atoms with E-state index in [1.807, 2.05) is 24.3 Å². The molecule has 1 aliphatic rings. The molecule has 0 aliphatic carbocycles. The Morgan fingerprint density at radius 1 is 1.06 bits per heavy atom. The molecule has 0 radical (unpaired) electrons. The number of amides is 2. The molecule has 0 saturated carbocycles. The summed E-state index contributed by atoms with van der Waals surface area (Å²) in [5, 5.41) is 3.62. The first-order valence-corrected chi connectivity index (χ1v) is 12.5. The molecule has 1 N–H and O–H groups in total. The Hall–Kier alpha value is -3.14. The molecule has 4 rings (SSSR count). The topological polar surface area (TPSA) is 71.1 Å². The summed E-state index contributed by atoms with van der Waals surface area (Å²) in [6, 6.07) is 18.8. The Morgan fingerprint density at radius 2 is 1.78 bits per heavy atom. The van der Waals surface area contributed by atoms with Crippen LogP contribution in [-0.2, 0) is 16.1 Å². The number of thiocarbonyl (C=S) groups is 1. The lowest BCUT2D eigenvalue weighted by molar-refractivity contribution is -0.124. The highest BCUT2D eigenvalue weighted by Gasteiger charge is 2.44. The summed E-state index contributed by atoms with van der Waals surface area (Å²) in [6.45, 7) is 0.290. The number of nitrogens with zero attached hydrogens (tertiary/aromatic N) is 2. The van der Waals surface area contributed by atoms with E-state index >= 15 is 0 Å². The maximum Gasteiger partial charge on any atom is 0.256 e. The molecule has 1 atom stereocenters. The SMILES string of the molecule is COc1ccc(CN2C(=S)N(c3cccc(Cl)c3)C(=O)C2CC(=O)Nc2ccc(Br)cc2)cc1OC. The highest BCUT2D eigenvalue weighted by molar-refractivity contribution is 9.10. The summed E-state index contributed by atoms with van der Waals surface area (Å²) in [4.78, 5) is 29.8. The summed E-state index contributed by atoms with van der Waals surface area (Å²) in [6.07, 6.45) is -0.0839. The third kappa shape index (κ3) is 5.64. The van der Waals surface area contributed by atoms with Gasteiger partial charge in [0, 0.05) is 21.7 Å². The number of carbonyl (C=O) groups excluding carboxylic acids is 2. The normalized spacial score (nSPS) is 15.3. The van der Waals surface area contributed by atoms with Crippen LogP contribution in [0.15, 0.2) is 71.2 Å². The average Bonchev–Trinajstić information content (AvgIpc) is 3.09. The largest absolute Gasteiger partial charge is 0.493 e. The van der Waals surface area contributed by atoms with Gasteiger partial charge in [0.2, 0.25) is 5.91 Å². The minimum Gasteiger partial charge on any atom is -0.493 e. The molecule has 0 aromatic heterocycles. The monoisotopic (exact) mass is 587 g/mol. The van der Waals surface area contributed by atoms with Crippen molar-refractivity contribution in [3.8, 4) is 11.5 Å². The molecule has 2 amide bonds. The van der Waals surface area contributed by atoms with Gasteiger partial charge < -0.3 is 19.7 Å². The van der Waals surface area contributed by atoms with Crippen LogP contribution < -0.4 is 19.7 Å². The molecule has 7 nitrogen and oxygen atoms in total. The number of anilines is 2. The molecule has 1 fully saturated rings. The number of carbonyl (C=O) groups is 2. The summed E-state index contributed by atoms with van der Waals surface area (Å²) in [7, 11) is 3.12. The smallest absolute Gasteiger partial charge is 0.256 e. The second kappa shape index (κ2) is 11.3. The highest BCUT2D eigenvalue weighted by Crippen LogP contribution is 2.33. The Bertz CT molecular complexity index is 1300. The van der Waals surface area contributed by atoms with Crippen LogP contribution in [0.5, 0.6) is 11.5 Å². The van der Waals surface area contributed by atoms with E-state index in [0.717, 1.165) is 10.0 Å². The van der Waals surface area contributed by atoms with Gasteiger partial charge >= 0.3 is 0 Å². The Morgan fingerprint density at radius 3 is 2.44 bits per heavy atom. The lowest BCUT2D eigenvalue weighted by Gasteiger charge is -2.24. The van der Waals surface area contributed by atoms with Gasteiger partial charge in [-0.25, -0.2) is 0 Å². The molecule has 10 heteroatoms. The first kappa shape index (κ1) is 25.9. The fraction of sp³-hybridized carbons (Fsp3) is 0.192. The molecule has 3 aromatic carbocycles. The van der Waals surface area contributed by atoms with Gasteiger partial charge in [-0.05, 0) is 72.4 Å². The maximum atomic E-state index is 13.6. The molecule has 1 saturated heterocycles. The molecular weight excluding hydrogens is 566 g/mol. The second-order valence-corrected chi connectivity index (χ2v) is 9.75. The minimum atomic E-state index is -0.806. The molecule has 0 bridgehead atoms. The number of ether oxygens (including phenoxy) is 2. The number of nitrogens with one attached hydrogen (secondary N) is 1. The van der Waals surface area contributed by atoms with Gasteiger partial charge in [0.1, 0.15) is 6.04 Å². The van der Waals surface area contributed by atoms with E-state index in [0.29, 0.717) is 33.0 Å². The summed E-state index contributed by atoms with van der Waals surface area (Å²) >= 11 is 15.3. The van der Waals surface area contributed by atoms with Gasteiger partial charge in [-0.3, -0.25) is 14.5 Å². The first-order chi connectivity index (χ1) is 17.3. The average molecular weight is 589 g/mol. The van der Waals surface area contributed by atoms with E-state index in [4.69, 9.17) is 33.3 Å². The van der Waals surface area contributed by atoms with Crippen molar-refractivity contribution in [2.75, 3.05) is 24.4 Å². The van der Waals surface area contributed by atoms with Gasteiger partial charge in [-0.2, -0.15) is 0 Å². The van der Waals surface area contributed by atoms with Crippen molar-refractivity contribution in [1.29, 1.82) is 0 Å². The van der Waals surface area contributed by atoms with Gasteiger partial charge in [-0.15, -0.1) is 0 Å². The van der Waals surface area contributed by atoms with Gasteiger partial charge in [0.25, 0.3) is 5.91 Å². The molecule has 1 heterocycles. The maximum absolute atomic E-state index is 13.6. The van der Waals surface area contributed by atoms with Crippen molar-refractivity contribution in [3.05, 3.63) is 81.8 Å². The first-order valence-electron chi connectivity index (χ1n) is 11.0. The van der Waals surface area contributed by atoms with E-state index in [1.165, 1.54) is 4.90 Å². The number of methoxy groups -OCH3 is 2. The van der Waals surface area contributed by atoms with Gasteiger partial charge in [0.05, 0.1) is 26.3 Å². The lowest BCUT2D eigenvalue weighted by Crippen LogP contribution is -2.37. The fourth-order valence-electron chi connectivity index (χ4n) is 3.96. The summed E-state index contributed by atoms with van der Waals surface area (Å²) in [5.41, 5.74) is 2.02. The summed E-state index contributed by atoms with van der Waals surface area (Å²) < 4.78 is 11.6. The van der Waals surface area contributed by atoms with E-state index < -0.39 is 6.04 Å². The molecule has 36 heavy (non-hydrogen) atoms. The molecule has 3 aromatic rings. The van der Waals surface area contributed by atoms with E-state index in [9.17, 15) is 9.59 Å². The van der Waals surface area contributed by atoms with E-state index in [2.05, 4.69) is 21.2 Å². The number of halogens is 2. The number of rotatable bonds is 8. The number of hydrogen-bond donors (Lipinski definition) is 1. The summed E-state index contributed by atoms with van der Waals surface area (Å²) in [5.74, 6) is 0.549. The van der Waals surface area contributed by atoms with Crippen LogP contribution >= 0.6 is 39.7 Å². The van der Waals surface area contributed by atoms with Gasteiger partial charge in [-0.1, -0.05) is 39.7 Å². The zero-order chi connectivity index (χ0) is 25.8. The standard InChI is InChI=1S/C26H23BrClN3O4S/c1-34-22-11-6-16(12-23(22)35-2)15-30-21(14-24(32)29-19-9-7-17(27)8-10-19)25(33)31(26(30)36)20-5-3-4-18(28)13-20/h3-13,21H,14-15H2,1-2H3,(H,29,32). The van der Waals surface area contributed by atoms with Gasteiger partial charge in [0.15, 0.2) is 16.6 Å². The van der Waals surface area contributed by atoms with Crippen LogP contribution in [0.25, 0.3) is 0 Å². The van der Waals surface area contributed by atoms with Crippen molar-refractivity contribution in [3.63, 3.8) is 0 Å². The van der Waals surface area contributed by atoms with Crippen LogP contribution in [0.2, 0.25) is 5.02 Å². The second-order valence-electron chi connectivity index (χ2n) is 8.03. The predicted octanol–water partition coefficient (Wildman–Crippen LogP) is 5.65. The van der Waals surface area contributed by atoms with Crippen LogP contribution in [0, 0.1) is 0 Å². The quantitative estimate of drug-likeness (QED) is 0.343. The third-order valence-corrected chi connectivity index (χ3v) is 6.87. The van der Waals surface area contributed by atoms with Crippen molar-refractivity contribution >= 4 is 68.1 Å².